The van der Waals surface area contributed by atoms with Crippen molar-refractivity contribution in [3.05, 3.63) is 54.0 Å². The quantitative estimate of drug-likeness (QED) is 0.364. The van der Waals surface area contributed by atoms with Gasteiger partial charge in [-0.25, -0.2) is 9.98 Å². The standard InChI is InChI=1S/C18H25N5O.HI/c1-3-19-18(22-13-10-16-9-5-6-11-20-16)23-14-15-8-7-12-21-17(15)24-4-2;/h5-9,11-12H,3-4,10,13-14H2,1-2H3,(H2,19,22,23);1H. The number of ether oxygens (including phenoxy) is 1. The molecule has 0 aromatic carbocycles. The fourth-order valence-electron chi connectivity index (χ4n) is 2.17. The first-order valence-corrected chi connectivity index (χ1v) is 8.32. The highest BCUT2D eigenvalue weighted by atomic mass is 127. The van der Waals surface area contributed by atoms with E-state index in [2.05, 4.69) is 25.6 Å². The van der Waals surface area contributed by atoms with Gasteiger partial charge in [-0.2, -0.15) is 0 Å². The average molecular weight is 455 g/mol. The van der Waals surface area contributed by atoms with Gasteiger partial charge >= 0.3 is 0 Å². The molecule has 2 rings (SSSR count). The third-order valence-electron chi connectivity index (χ3n) is 3.28. The smallest absolute Gasteiger partial charge is 0.218 e. The third-order valence-corrected chi connectivity index (χ3v) is 3.28. The topological polar surface area (TPSA) is 71.4 Å². The van der Waals surface area contributed by atoms with Gasteiger partial charge in [-0.05, 0) is 32.0 Å². The van der Waals surface area contributed by atoms with Crippen LogP contribution in [0.2, 0.25) is 0 Å². The number of hydrogen-bond donors (Lipinski definition) is 2. The van der Waals surface area contributed by atoms with E-state index in [1.54, 1.807) is 6.20 Å². The van der Waals surface area contributed by atoms with Crippen molar-refractivity contribution in [1.29, 1.82) is 0 Å². The Morgan fingerprint density at radius 1 is 1.08 bits per heavy atom. The Morgan fingerprint density at radius 3 is 2.64 bits per heavy atom. The minimum Gasteiger partial charge on any atom is -0.478 e. The molecular weight excluding hydrogens is 429 g/mol. The van der Waals surface area contributed by atoms with Crippen LogP contribution in [0.25, 0.3) is 0 Å². The Bertz CT molecular complexity index is 636. The third kappa shape index (κ3) is 7.68. The number of guanidine groups is 1. The van der Waals surface area contributed by atoms with Crippen molar-refractivity contribution in [2.75, 3.05) is 19.7 Å². The fraction of sp³-hybridized carbons (Fsp3) is 0.389. The summed E-state index contributed by atoms with van der Waals surface area (Å²) in [4.78, 5) is 13.2. The number of halogens is 1. The summed E-state index contributed by atoms with van der Waals surface area (Å²) in [5, 5.41) is 6.58. The van der Waals surface area contributed by atoms with Crippen molar-refractivity contribution in [1.82, 2.24) is 20.6 Å². The molecule has 0 amide bonds. The van der Waals surface area contributed by atoms with Gasteiger partial charge in [-0.15, -0.1) is 24.0 Å². The van der Waals surface area contributed by atoms with Crippen molar-refractivity contribution < 1.29 is 4.74 Å². The van der Waals surface area contributed by atoms with Gasteiger partial charge in [0.2, 0.25) is 5.88 Å². The molecule has 7 heteroatoms. The zero-order chi connectivity index (χ0) is 17.0. The van der Waals surface area contributed by atoms with Crippen LogP contribution in [0.15, 0.2) is 47.7 Å². The number of aromatic nitrogens is 2. The largest absolute Gasteiger partial charge is 0.478 e. The molecule has 0 bridgehead atoms. The first kappa shape index (κ1) is 21.1. The first-order valence-electron chi connectivity index (χ1n) is 8.32. The number of pyridine rings is 2. The van der Waals surface area contributed by atoms with E-state index in [1.165, 1.54) is 0 Å². The summed E-state index contributed by atoms with van der Waals surface area (Å²) in [5.41, 5.74) is 2.04. The van der Waals surface area contributed by atoms with E-state index in [1.807, 2.05) is 50.4 Å². The van der Waals surface area contributed by atoms with Crippen molar-refractivity contribution in [2.45, 2.75) is 26.8 Å². The second-order valence-corrected chi connectivity index (χ2v) is 5.09. The first-order chi connectivity index (χ1) is 11.8. The van der Waals surface area contributed by atoms with Crippen LogP contribution in [0.1, 0.15) is 25.1 Å². The molecule has 0 atom stereocenters. The highest BCUT2D eigenvalue weighted by molar-refractivity contribution is 14.0. The Balaban J connectivity index is 0.00000312. The molecule has 0 radical (unpaired) electrons. The molecule has 0 saturated heterocycles. The van der Waals surface area contributed by atoms with E-state index in [9.17, 15) is 0 Å². The second-order valence-electron chi connectivity index (χ2n) is 5.09. The van der Waals surface area contributed by atoms with Crippen LogP contribution >= 0.6 is 24.0 Å². The van der Waals surface area contributed by atoms with Crippen molar-refractivity contribution in [3.8, 4) is 5.88 Å². The van der Waals surface area contributed by atoms with Gasteiger partial charge in [-0.1, -0.05) is 12.1 Å². The molecule has 0 fully saturated rings. The normalized spacial score (nSPS) is 10.7. The lowest BCUT2D eigenvalue weighted by atomic mass is 10.2. The van der Waals surface area contributed by atoms with E-state index >= 15 is 0 Å². The van der Waals surface area contributed by atoms with E-state index < -0.39 is 0 Å². The summed E-state index contributed by atoms with van der Waals surface area (Å²) < 4.78 is 5.54. The molecule has 0 saturated carbocycles. The summed E-state index contributed by atoms with van der Waals surface area (Å²) >= 11 is 0. The predicted octanol–water partition coefficient (Wildman–Crippen LogP) is 2.79. The molecule has 0 unspecified atom stereocenters. The molecule has 0 aliphatic carbocycles. The van der Waals surface area contributed by atoms with Crippen LogP contribution in [0, 0.1) is 0 Å². The lowest BCUT2D eigenvalue weighted by Gasteiger charge is -2.12. The number of nitrogens with one attached hydrogen (secondary N) is 2. The van der Waals surface area contributed by atoms with Crippen molar-refractivity contribution in [2.24, 2.45) is 4.99 Å². The van der Waals surface area contributed by atoms with Gasteiger partial charge in [0.05, 0.1) is 13.2 Å². The van der Waals surface area contributed by atoms with Crippen molar-refractivity contribution >= 4 is 29.9 Å². The molecule has 0 aliphatic rings. The number of hydrogen-bond acceptors (Lipinski definition) is 4. The summed E-state index contributed by atoms with van der Waals surface area (Å²) in [7, 11) is 0. The Kier molecular flexibility index (Phi) is 10.5. The molecule has 0 spiro atoms. The highest BCUT2D eigenvalue weighted by Crippen LogP contribution is 2.15. The summed E-state index contributed by atoms with van der Waals surface area (Å²) in [5.74, 6) is 1.42. The average Bonchev–Trinajstić information content (AvgIpc) is 2.62. The molecule has 2 heterocycles. The maximum absolute atomic E-state index is 5.54. The highest BCUT2D eigenvalue weighted by Gasteiger charge is 2.04. The molecule has 136 valence electrons. The fourth-order valence-corrected chi connectivity index (χ4v) is 2.17. The minimum absolute atomic E-state index is 0. The Hall–Kier alpha value is -1.90. The molecule has 2 N–H and O–H groups in total. The van der Waals surface area contributed by atoms with E-state index in [0.29, 0.717) is 19.0 Å². The lowest BCUT2D eigenvalue weighted by molar-refractivity contribution is 0.323. The number of nitrogens with zero attached hydrogens (tertiary/aromatic N) is 3. The van der Waals surface area contributed by atoms with Gasteiger partial charge < -0.3 is 15.4 Å². The van der Waals surface area contributed by atoms with Crippen LogP contribution in [0.4, 0.5) is 0 Å². The number of aliphatic imine (C=N–C) groups is 1. The van der Waals surface area contributed by atoms with Crippen molar-refractivity contribution in [3.63, 3.8) is 0 Å². The van der Waals surface area contributed by atoms with Crippen LogP contribution < -0.4 is 15.4 Å². The minimum atomic E-state index is 0. The Morgan fingerprint density at radius 2 is 1.92 bits per heavy atom. The molecule has 2 aromatic rings. The maximum Gasteiger partial charge on any atom is 0.218 e. The van der Waals surface area contributed by atoms with Gasteiger partial charge in [0.15, 0.2) is 5.96 Å². The SMILES string of the molecule is CCNC(=NCc1cccnc1OCC)NCCc1ccccn1.I. The van der Waals surface area contributed by atoms with Gasteiger partial charge in [0.1, 0.15) is 0 Å². The van der Waals surface area contributed by atoms with E-state index in [-0.39, 0.29) is 24.0 Å². The molecule has 0 aliphatic heterocycles. The van der Waals surface area contributed by atoms with Gasteiger partial charge in [0, 0.05) is 43.2 Å². The number of rotatable bonds is 8. The Labute approximate surface area is 166 Å². The summed E-state index contributed by atoms with van der Waals surface area (Å²) in [6.07, 6.45) is 4.39. The zero-order valence-corrected chi connectivity index (χ0v) is 17.1. The predicted molar refractivity (Wildman–Crippen MR) is 112 cm³/mol. The van der Waals surface area contributed by atoms with E-state index in [4.69, 9.17) is 4.74 Å². The van der Waals surface area contributed by atoms with E-state index in [0.717, 1.165) is 36.7 Å². The van der Waals surface area contributed by atoms with Crippen LogP contribution in [0.3, 0.4) is 0 Å². The zero-order valence-electron chi connectivity index (χ0n) is 14.7. The monoisotopic (exact) mass is 455 g/mol. The molecule has 6 nitrogen and oxygen atoms in total. The second kappa shape index (κ2) is 12.5. The molecular formula is C18H26IN5O. The summed E-state index contributed by atoms with van der Waals surface area (Å²) in [6, 6.07) is 9.83. The van der Waals surface area contributed by atoms with Crippen LogP contribution in [-0.4, -0.2) is 35.6 Å². The molecule has 25 heavy (non-hydrogen) atoms. The summed E-state index contributed by atoms with van der Waals surface area (Å²) in [6.45, 7) is 6.68. The van der Waals surface area contributed by atoms with Gasteiger partial charge in [-0.3, -0.25) is 4.98 Å². The maximum atomic E-state index is 5.54. The van der Waals surface area contributed by atoms with Crippen LogP contribution in [-0.2, 0) is 13.0 Å². The lowest BCUT2D eigenvalue weighted by Crippen LogP contribution is -2.38. The molecule has 2 aromatic heterocycles. The van der Waals surface area contributed by atoms with Crippen LogP contribution in [0.5, 0.6) is 5.88 Å². The van der Waals surface area contributed by atoms with Gasteiger partial charge in [0.25, 0.3) is 0 Å².